The van der Waals surface area contributed by atoms with E-state index >= 15 is 0 Å². The van der Waals surface area contributed by atoms with Crippen LogP contribution in [0.25, 0.3) is 11.0 Å². The Bertz CT molecular complexity index is 1190. The molecule has 0 N–H and O–H groups in total. The highest BCUT2D eigenvalue weighted by molar-refractivity contribution is 9.10. The number of nitrogens with zero attached hydrogens (tertiary/aromatic N) is 3. The third kappa shape index (κ3) is 5.80. The Balaban J connectivity index is 1.63. The molecule has 0 saturated carbocycles. The molecule has 1 saturated heterocycles. The lowest BCUT2D eigenvalue weighted by Gasteiger charge is -2.26. The van der Waals surface area contributed by atoms with Crippen molar-refractivity contribution in [2.45, 2.75) is 35.7 Å². The molecule has 2 heterocycles. The molecular weight excluding hydrogens is 526 g/mol. The van der Waals surface area contributed by atoms with Crippen LogP contribution < -0.4 is 0 Å². The molecule has 10 heteroatoms. The molecular formula is C23H28BrN3O4S2. The largest absolute Gasteiger partial charge is 0.382 e. The van der Waals surface area contributed by atoms with Gasteiger partial charge >= 0.3 is 0 Å². The topological polar surface area (TPSA) is 73.7 Å². The number of sulfonamides is 1. The summed E-state index contributed by atoms with van der Waals surface area (Å²) in [6.45, 7) is 5.70. The molecule has 178 valence electrons. The van der Waals surface area contributed by atoms with Crippen LogP contribution in [0.5, 0.6) is 0 Å². The van der Waals surface area contributed by atoms with Crippen molar-refractivity contribution < 1.29 is 17.9 Å². The Morgan fingerprint density at radius 2 is 1.97 bits per heavy atom. The maximum atomic E-state index is 13.1. The van der Waals surface area contributed by atoms with Gasteiger partial charge in [0.1, 0.15) is 0 Å². The summed E-state index contributed by atoms with van der Waals surface area (Å²) in [6, 6.07) is 13.4. The first-order valence-corrected chi connectivity index (χ1v) is 14.2. The first-order chi connectivity index (χ1) is 16.0. The van der Waals surface area contributed by atoms with Gasteiger partial charge in [0.2, 0.25) is 10.0 Å². The summed E-state index contributed by atoms with van der Waals surface area (Å²) in [6.07, 6.45) is 0.857. The molecule has 0 radical (unpaired) electrons. The van der Waals surface area contributed by atoms with E-state index < -0.39 is 10.0 Å². The molecule has 0 spiro atoms. The van der Waals surface area contributed by atoms with Crippen molar-refractivity contribution in [2.24, 2.45) is 0 Å². The highest BCUT2D eigenvalue weighted by Gasteiger charge is 2.27. The first-order valence-electron chi connectivity index (χ1n) is 11.0. The molecule has 4 rings (SSSR count). The predicted molar refractivity (Wildman–Crippen MR) is 134 cm³/mol. The van der Waals surface area contributed by atoms with Crippen LogP contribution in [0.2, 0.25) is 0 Å². The lowest BCUT2D eigenvalue weighted by atomic mass is 10.2. The van der Waals surface area contributed by atoms with Crippen molar-refractivity contribution in [3.8, 4) is 0 Å². The number of rotatable bonds is 10. The molecule has 33 heavy (non-hydrogen) atoms. The lowest BCUT2D eigenvalue weighted by molar-refractivity contribution is 0.0730. The number of hydrogen-bond donors (Lipinski definition) is 0. The van der Waals surface area contributed by atoms with Crippen LogP contribution in [0.4, 0.5) is 0 Å². The normalized spacial score (nSPS) is 15.3. The molecule has 1 aliphatic heterocycles. The molecule has 3 aromatic rings. The third-order valence-corrected chi connectivity index (χ3v) is 9.18. The fraction of sp³-hybridized carbons (Fsp3) is 0.435. The summed E-state index contributed by atoms with van der Waals surface area (Å²) in [7, 11) is -3.57. The number of thioether (sulfide) groups is 1. The Morgan fingerprint density at radius 1 is 1.18 bits per heavy atom. The quantitative estimate of drug-likeness (QED) is 0.271. The van der Waals surface area contributed by atoms with E-state index in [0.29, 0.717) is 45.0 Å². The van der Waals surface area contributed by atoms with Gasteiger partial charge < -0.3 is 14.0 Å². The third-order valence-electron chi connectivity index (χ3n) is 5.48. The van der Waals surface area contributed by atoms with E-state index in [1.54, 1.807) is 23.9 Å². The Kier molecular flexibility index (Phi) is 8.48. The molecule has 0 unspecified atom stereocenters. The lowest BCUT2D eigenvalue weighted by Crippen LogP contribution is -2.40. The summed E-state index contributed by atoms with van der Waals surface area (Å²) in [5.41, 5.74) is 2.81. The van der Waals surface area contributed by atoms with Crippen molar-refractivity contribution in [1.82, 2.24) is 13.9 Å². The fourth-order valence-corrected chi connectivity index (χ4v) is 6.82. The van der Waals surface area contributed by atoms with Gasteiger partial charge in [-0.1, -0.05) is 45.9 Å². The van der Waals surface area contributed by atoms with Crippen molar-refractivity contribution in [2.75, 3.05) is 39.5 Å². The molecule has 0 aliphatic carbocycles. The highest BCUT2D eigenvalue weighted by Crippen LogP contribution is 2.31. The molecule has 1 fully saturated rings. The Hall–Kier alpha value is -1.43. The first kappa shape index (κ1) is 24.7. The minimum Gasteiger partial charge on any atom is -0.382 e. The van der Waals surface area contributed by atoms with Crippen LogP contribution in [-0.2, 0) is 31.8 Å². The van der Waals surface area contributed by atoms with Gasteiger partial charge in [-0.15, -0.1) is 0 Å². The molecule has 7 nitrogen and oxygen atoms in total. The molecule has 0 amide bonds. The molecule has 1 aromatic heterocycles. The standard InChI is InChI=1S/C23H28BrN3O4S2/c1-2-30-13-5-10-27-22-9-8-19(33(28,29)26-11-14-31-15-12-26)16-21(22)25-23(27)32-17-18-6-3-4-7-20(18)24/h3-4,6-9,16H,2,5,10-15,17H2,1H3. The van der Waals surface area contributed by atoms with Gasteiger partial charge in [0.25, 0.3) is 0 Å². The summed E-state index contributed by atoms with van der Waals surface area (Å²) in [5, 5.41) is 0.873. The SMILES string of the molecule is CCOCCCn1c(SCc2ccccc2Br)nc2cc(S(=O)(=O)N3CCOCC3)ccc21. The van der Waals surface area contributed by atoms with Gasteiger partial charge in [-0.2, -0.15) is 4.31 Å². The minimum absolute atomic E-state index is 0.276. The number of imidazole rings is 1. The van der Waals surface area contributed by atoms with Crippen LogP contribution >= 0.6 is 27.7 Å². The second-order valence-electron chi connectivity index (χ2n) is 7.64. The van der Waals surface area contributed by atoms with Crippen LogP contribution in [0.15, 0.2) is 57.0 Å². The Morgan fingerprint density at radius 3 is 2.73 bits per heavy atom. The van der Waals surface area contributed by atoms with Crippen LogP contribution in [0.3, 0.4) is 0 Å². The van der Waals surface area contributed by atoms with E-state index in [0.717, 1.165) is 33.9 Å². The second kappa shape index (κ2) is 11.3. The summed E-state index contributed by atoms with van der Waals surface area (Å²) < 4.78 is 41.8. The number of ether oxygens (including phenoxy) is 2. The van der Waals surface area contributed by atoms with Crippen molar-refractivity contribution >= 4 is 48.7 Å². The zero-order valence-corrected chi connectivity index (χ0v) is 21.8. The number of benzene rings is 2. The van der Waals surface area contributed by atoms with E-state index in [1.165, 1.54) is 9.87 Å². The predicted octanol–water partition coefficient (Wildman–Crippen LogP) is 4.54. The smallest absolute Gasteiger partial charge is 0.243 e. The highest BCUT2D eigenvalue weighted by atomic mass is 79.9. The second-order valence-corrected chi connectivity index (χ2v) is 11.4. The van der Waals surface area contributed by atoms with Crippen molar-refractivity contribution in [3.63, 3.8) is 0 Å². The van der Waals surface area contributed by atoms with Gasteiger partial charge in [-0.25, -0.2) is 13.4 Å². The van der Waals surface area contributed by atoms with Gasteiger partial charge in [-0.3, -0.25) is 0 Å². The van der Waals surface area contributed by atoms with E-state index in [2.05, 4.69) is 26.6 Å². The van der Waals surface area contributed by atoms with Crippen LogP contribution in [0, 0.1) is 0 Å². The number of fused-ring (bicyclic) bond motifs is 1. The van der Waals surface area contributed by atoms with E-state index in [4.69, 9.17) is 14.5 Å². The fourth-order valence-electron chi connectivity index (χ4n) is 3.74. The number of aryl methyl sites for hydroxylation is 1. The minimum atomic E-state index is -3.57. The van der Waals surface area contributed by atoms with Gasteiger partial charge in [0.05, 0.1) is 29.1 Å². The van der Waals surface area contributed by atoms with Crippen LogP contribution in [-0.4, -0.2) is 61.8 Å². The summed E-state index contributed by atoms with van der Waals surface area (Å²) in [4.78, 5) is 5.11. The molecule has 2 aromatic carbocycles. The number of aromatic nitrogens is 2. The number of halogens is 1. The van der Waals surface area contributed by atoms with E-state index in [1.807, 2.05) is 31.2 Å². The van der Waals surface area contributed by atoms with Gasteiger partial charge in [-0.05, 0) is 43.2 Å². The molecule has 1 aliphatic rings. The van der Waals surface area contributed by atoms with Crippen LogP contribution in [0.1, 0.15) is 18.9 Å². The average molecular weight is 555 g/mol. The van der Waals surface area contributed by atoms with E-state index in [9.17, 15) is 8.42 Å². The monoisotopic (exact) mass is 553 g/mol. The molecule has 0 atom stereocenters. The van der Waals surface area contributed by atoms with Crippen molar-refractivity contribution in [1.29, 1.82) is 0 Å². The van der Waals surface area contributed by atoms with Gasteiger partial charge in [0, 0.05) is 43.1 Å². The summed E-state index contributed by atoms with van der Waals surface area (Å²) in [5.74, 6) is 0.759. The van der Waals surface area contributed by atoms with E-state index in [-0.39, 0.29) is 4.90 Å². The van der Waals surface area contributed by atoms with Gasteiger partial charge in [0.15, 0.2) is 5.16 Å². The average Bonchev–Trinajstić information content (AvgIpc) is 3.18. The zero-order chi connectivity index (χ0) is 23.3. The summed E-state index contributed by atoms with van der Waals surface area (Å²) >= 11 is 5.26. The Labute approximate surface area is 207 Å². The maximum Gasteiger partial charge on any atom is 0.243 e. The number of hydrogen-bond acceptors (Lipinski definition) is 6. The number of morpholine rings is 1. The zero-order valence-electron chi connectivity index (χ0n) is 18.6. The maximum absolute atomic E-state index is 13.1. The van der Waals surface area contributed by atoms with Crippen molar-refractivity contribution in [3.05, 3.63) is 52.5 Å². The molecule has 0 bridgehead atoms.